The van der Waals surface area contributed by atoms with Crippen molar-refractivity contribution in [3.05, 3.63) is 53.9 Å². The first kappa shape index (κ1) is 22.8. The third-order valence-electron chi connectivity index (χ3n) is 4.42. The van der Waals surface area contributed by atoms with E-state index < -0.39 is 23.3 Å². The number of carbonyl (C=O) groups is 1. The van der Waals surface area contributed by atoms with Crippen molar-refractivity contribution in [3.8, 4) is 23.2 Å². The molecule has 32 heavy (non-hydrogen) atoms. The number of benzene rings is 1. The molecule has 1 aromatic carbocycles. The number of alkyl halides is 3. The molecule has 0 unspecified atom stereocenters. The first-order chi connectivity index (χ1) is 15.2. The Kier molecular flexibility index (Phi) is 6.81. The van der Waals surface area contributed by atoms with E-state index in [4.69, 9.17) is 14.2 Å². The van der Waals surface area contributed by atoms with Gasteiger partial charge in [-0.2, -0.15) is 18.3 Å². The van der Waals surface area contributed by atoms with Gasteiger partial charge in [-0.3, -0.25) is 4.79 Å². The number of nitrogens with zero attached hydrogens (tertiary/aromatic N) is 5. The number of carbonyl (C=O) groups excluding carboxylic acids is 1. The number of methoxy groups -OCH3 is 2. The number of aromatic nitrogens is 4. The lowest BCUT2D eigenvalue weighted by atomic mass is 10.2. The van der Waals surface area contributed by atoms with E-state index in [0.717, 1.165) is 11.1 Å². The SMILES string of the molecule is COc1ccc(OCCN(C)C(=O)c2cnn(-c3ccc(OC)nn3)c2C(F)(F)F)cc1. The van der Waals surface area contributed by atoms with Crippen LogP contribution in [-0.2, 0) is 6.18 Å². The zero-order chi connectivity index (χ0) is 23.3. The molecule has 3 rings (SSSR count). The highest BCUT2D eigenvalue weighted by Crippen LogP contribution is 2.33. The van der Waals surface area contributed by atoms with Crippen molar-refractivity contribution in [1.82, 2.24) is 24.9 Å². The molecule has 170 valence electrons. The lowest BCUT2D eigenvalue weighted by Gasteiger charge is -2.18. The van der Waals surface area contributed by atoms with Crippen LogP contribution in [0.1, 0.15) is 16.1 Å². The lowest BCUT2D eigenvalue weighted by molar-refractivity contribution is -0.143. The molecule has 0 aliphatic carbocycles. The first-order valence-electron chi connectivity index (χ1n) is 9.30. The molecule has 0 N–H and O–H groups in total. The maximum absolute atomic E-state index is 13.8. The molecule has 0 saturated heterocycles. The summed E-state index contributed by atoms with van der Waals surface area (Å²) in [6.45, 7) is 0.129. The predicted octanol–water partition coefficient (Wildman–Crippen LogP) is 2.85. The van der Waals surface area contributed by atoms with Crippen molar-refractivity contribution in [2.75, 3.05) is 34.4 Å². The van der Waals surface area contributed by atoms with Crippen molar-refractivity contribution < 1.29 is 32.2 Å². The molecule has 12 heteroatoms. The molecule has 0 atom stereocenters. The van der Waals surface area contributed by atoms with Gasteiger partial charge in [0, 0.05) is 13.1 Å². The molecule has 9 nitrogen and oxygen atoms in total. The average molecular weight is 451 g/mol. The third-order valence-corrected chi connectivity index (χ3v) is 4.42. The van der Waals surface area contributed by atoms with Crippen LogP contribution in [0.2, 0.25) is 0 Å². The summed E-state index contributed by atoms with van der Waals surface area (Å²) in [4.78, 5) is 13.9. The molecule has 0 fully saturated rings. The molecule has 0 radical (unpaired) electrons. The number of amides is 1. The number of likely N-dealkylation sites (N-methyl/N-ethyl adjacent to an activating group) is 1. The summed E-state index contributed by atoms with van der Waals surface area (Å²) >= 11 is 0. The first-order valence-corrected chi connectivity index (χ1v) is 9.30. The Bertz CT molecular complexity index is 1050. The third kappa shape index (κ3) is 5.07. The summed E-state index contributed by atoms with van der Waals surface area (Å²) in [5, 5.41) is 11.0. The molecule has 0 saturated carbocycles. The Balaban J connectivity index is 1.75. The summed E-state index contributed by atoms with van der Waals surface area (Å²) in [6.07, 6.45) is -4.00. The number of halogens is 3. The van der Waals surface area contributed by atoms with E-state index >= 15 is 0 Å². The number of hydrogen-bond donors (Lipinski definition) is 0. The van der Waals surface area contributed by atoms with Crippen LogP contribution in [0.5, 0.6) is 17.4 Å². The van der Waals surface area contributed by atoms with Crippen molar-refractivity contribution in [1.29, 1.82) is 0 Å². The van der Waals surface area contributed by atoms with E-state index in [1.807, 2.05) is 0 Å². The molecular weight excluding hydrogens is 431 g/mol. The van der Waals surface area contributed by atoms with Crippen LogP contribution >= 0.6 is 0 Å². The minimum Gasteiger partial charge on any atom is -0.497 e. The van der Waals surface area contributed by atoms with Crippen LogP contribution in [0.15, 0.2) is 42.6 Å². The van der Waals surface area contributed by atoms with Crippen molar-refractivity contribution in [3.63, 3.8) is 0 Å². The van der Waals surface area contributed by atoms with Crippen LogP contribution < -0.4 is 14.2 Å². The summed E-state index contributed by atoms with van der Waals surface area (Å²) < 4.78 is 57.3. The highest BCUT2D eigenvalue weighted by atomic mass is 19.4. The highest BCUT2D eigenvalue weighted by Gasteiger charge is 2.41. The van der Waals surface area contributed by atoms with E-state index in [9.17, 15) is 18.0 Å². The molecule has 0 aliphatic heterocycles. The smallest absolute Gasteiger partial charge is 0.434 e. The van der Waals surface area contributed by atoms with E-state index in [1.54, 1.807) is 24.3 Å². The van der Waals surface area contributed by atoms with Crippen LogP contribution in [0.3, 0.4) is 0 Å². The Morgan fingerprint density at radius 3 is 2.28 bits per heavy atom. The Labute approximate surface area is 181 Å². The molecule has 2 heterocycles. The molecule has 2 aromatic heterocycles. The molecule has 0 bridgehead atoms. The van der Waals surface area contributed by atoms with Gasteiger partial charge in [-0.25, -0.2) is 4.68 Å². The fourth-order valence-corrected chi connectivity index (χ4v) is 2.77. The van der Waals surface area contributed by atoms with Crippen molar-refractivity contribution >= 4 is 5.91 Å². The maximum atomic E-state index is 13.8. The average Bonchev–Trinajstić information content (AvgIpc) is 3.25. The van der Waals surface area contributed by atoms with Gasteiger partial charge in [0.1, 0.15) is 18.1 Å². The molecule has 1 amide bonds. The molecule has 3 aromatic rings. The van der Waals surface area contributed by atoms with E-state index in [0.29, 0.717) is 16.2 Å². The van der Waals surface area contributed by atoms with Gasteiger partial charge < -0.3 is 19.1 Å². The van der Waals surface area contributed by atoms with Gasteiger partial charge in [-0.1, -0.05) is 0 Å². The largest absolute Gasteiger partial charge is 0.497 e. The Morgan fingerprint density at radius 1 is 1.03 bits per heavy atom. The van der Waals surface area contributed by atoms with Gasteiger partial charge in [0.2, 0.25) is 5.88 Å². The Hall–Kier alpha value is -3.83. The zero-order valence-corrected chi connectivity index (χ0v) is 17.5. The van der Waals surface area contributed by atoms with E-state index in [1.165, 1.54) is 33.4 Å². The predicted molar refractivity (Wildman–Crippen MR) is 106 cm³/mol. The molecule has 0 spiro atoms. The minimum atomic E-state index is -4.86. The van der Waals surface area contributed by atoms with Crippen molar-refractivity contribution in [2.45, 2.75) is 6.18 Å². The van der Waals surface area contributed by atoms with Gasteiger partial charge >= 0.3 is 6.18 Å². The van der Waals surface area contributed by atoms with E-state index in [-0.39, 0.29) is 24.8 Å². The van der Waals surface area contributed by atoms with Gasteiger partial charge in [0.15, 0.2) is 11.5 Å². The van der Waals surface area contributed by atoms with Crippen LogP contribution in [-0.4, -0.2) is 65.2 Å². The normalized spacial score (nSPS) is 11.2. The fraction of sp³-hybridized carbons (Fsp3) is 0.300. The second-order valence-electron chi connectivity index (χ2n) is 6.50. The highest BCUT2D eigenvalue weighted by molar-refractivity contribution is 5.95. The summed E-state index contributed by atoms with van der Waals surface area (Å²) in [5.41, 5.74) is -1.85. The number of ether oxygens (including phenoxy) is 3. The quantitative estimate of drug-likeness (QED) is 0.520. The van der Waals surface area contributed by atoms with E-state index in [2.05, 4.69) is 15.3 Å². The molecular formula is C20H20F3N5O4. The number of rotatable bonds is 8. The standard InChI is InChI=1S/C20H20F3N5O4/c1-27(10-11-32-14-6-4-13(30-2)5-7-14)19(29)15-12-24-28(18(15)20(21,22)23)16-8-9-17(31-3)26-25-16/h4-9,12H,10-11H2,1-3H3. The van der Waals surface area contributed by atoms with Gasteiger partial charge in [-0.15, -0.1) is 10.2 Å². The monoisotopic (exact) mass is 451 g/mol. The summed E-state index contributed by atoms with van der Waals surface area (Å²) in [5.74, 6) is 0.254. The fourth-order valence-electron chi connectivity index (χ4n) is 2.77. The van der Waals surface area contributed by atoms with Crippen molar-refractivity contribution in [2.24, 2.45) is 0 Å². The maximum Gasteiger partial charge on any atom is 0.434 e. The Morgan fingerprint density at radius 2 is 1.72 bits per heavy atom. The minimum absolute atomic E-state index is 0.0513. The summed E-state index contributed by atoms with van der Waals surface area (Å²) in [6, 6.07) is 9.38. The number of hydrogen-bond acceptors (Lipinski definition) is 7. The van der Waals surface area contributed by atoms with Crippen LogP contribution in [0.25, 0.3) is 5.82 Å². The second kappa shape index (κ2) is 9.54. The van der Waals surface area contributed by atoms with Gasteiger partial charge in [0.25, 0.3) is 5.91 Å². The lowest BCUT2D eigenvalue weighted by Crippen LogP contribution is -2.32. The summed E-state index contributed by atoms with van der Waals surface area (Å²) in [7, 11) is 4.27. The van der Waals surface area contributed by atoms with Crippen LogP contribution in [0, 0.1) is 0 Å². The topological polar surface area (TPSA) is 91.6 Å². The van der Waals surface area contributed by atoms with Gasteiger partial charge in [0.05, 0.1) is 32.5 Å². The van der Waals surface area contributed by atoms with Crippen LogP contribution in [0.4, 0.5) is 13.2 Å². The molecule has 0 aliphatic rings. The zero-order valence-electron chi connectivity index (χ0n) is 17.5. The van der Waals surface area contributed by atoms with Gasteiger partial charge in [-0.05, 0) is 30.3 Å². The second-order valence-corrected chi connectivity index (χ2v) is 6.50.